The van der Waals surface area contributed by atoms with E-state index in [9.17, 15) is 4.57 Å². The van der Waals surface area contributed by atoms with Crippen molar-refractivity contribution in [2.75, 3.05) is 7.11 Å². The van der Waals surface area contributed by atoms with E-state index in [2.05, 4.69) is 14.1 Å². The predicted molar refractivity (Wildman–Crippen MR) is 45.0 cm³/mol. The largest absolute Gasteiger partial charge is 0.555 e. The molecule has 0 heterocycles. The molecule has 6 heteroatoms. The van der Waals surface area contributed by atoms with Crippen molar-refractivity contribution in [1.82, 2.24) is 0 Å². The molecule has 1 aromatic rings. The fraction of sp³-hybridized carbons (Fsp3) is 0.143. The van der Waals surface area contributed by atoms with Crippen LogP contribution in [0.3, 0.4) is 0 Å². The summed E-state index contributed by atoms with van der Waals surface area (Å²) in [5.41, 5.74) is 0. The molecular weight excluding hydrogens is 195 g/mol. The van der Waals surface area contributed by atoms with Crippen molar-refractivity contribution in [3.8, 4) is 5.75 Å². The topological polar surface area (TPSA) is 65.0 Å². The molecule has 0 fully saturated rings. The van der Waals surface area contributed by atoms with Crippen LogP contribution in [-0.4, -0.2) is 12.0 Å². The van der Waals surface area contributed by atoms with Crippen LogP contribution in [0.1, 0.15) is 0 Å². The number of phosphoric ester groups is 1. The Labute approximate surface area is 75.4 Å². The van der Waals surface area contributed by atoms with Crippen molar-refractivity contribution in [3.05, 3.63) is 30.3 Å². The molecule has 1 rings (SSSR count). The Balaban J connectivity index is 2.64. The number of phosphoric acid groups is 1. The summed E-state index contributed by atoms with van der Waals surface area (Å²) >= 11 is 0. The Bertz CT molecular complexity index is 299. The standard InChI is InChI=1S/C7H9O5P/c1-10-12-13(8,9)11-7-5-3-2-4-6-7/h2-6H,1H3,(H,8,9). The van der Waals surface area contributed by atoms with Crippen molar-refractivity contribution in [1.29, 1.82) is 0 Å². The van der Waals surface area contributed by atoms with Crippen LogP contribution in [0, 0.1) is 0 Å². The molecule has 1 N–H and O–H groups in total. The molecule has 5 nitrogen and oxygen atoms in total. The first-order valence-corrected chi connectivity index (χ1v) is 4.93. The summed E-state index contributed by atoms with van der Waals surface area (Å²) in [6.45, 7) is 0. The quantitative estimate of drug-likeness (QED) is 0.459. The Morgan fingerprint density at radius 1 is 1.31 bits per heavy atom. The third kappa shape index (κ3) is 3.57. The molecule has 13 heavy (non-hydrogen) atoms. The minimum atomic E-state index is -4.14. The van der Waals surface area contributed by atoms with E-state index in [4.69, 9.17) is 4.89 Å². The number of para-hydroxylation sites is 1. The second-order valence-electron chi connectivity index (χ2n) is 2.11. The van der Waals surface area contributed by atoms with Gasteiger partial charge in [0.1, 0.15) is 5.75 Å². The van der Waals surface area contributed by atoms with Gasteiger partial charge in [0.15, 0.2) is 0 Å². The lowest BCUT2D eigenvalue weighted by Gasteiger charge is -2.09. The Kier molecular flexibility index (Phi) is 3.45. The lowest BCUT2D eigenvalue weighted by molar-refractivity contribution is -0.193. The zero-order valence-corrected chi connectivity index (χ0v) is 7.81. The lowest BCUT2D eigenvalue weighted by Crippen LogP contribution is -1.95. The molecule has 0 amide bonds. The lowest BCUT2D eigenvalue weighted by atomic mass is 10.3. The Morgan fingerprint density at radius 2 is 1.92 bits per heavy atom. The minimum Gasteiger partial charge on any atom is -0.403 e. The fourth-order valence-corrected chi connectivity index (χ4v) is 1.33. The van der Waals surface area contributed by atoms with Crippen LogP contribution in [0.4, 0.5) is 0 Å². The molecule has 0 aromatic heterocycles. The van der Waals surface area contributed by atoms with Crippen molar-refractivity contribution in [3.63, 3.8) is 0 Å². The second-order valence-corrected chi connectivity index (χ2v) is 3.38. The summed E-state index contributed by atoms with van der Waals surface area (Å²) in [5, 5.41) is 0. The van der Waals surface area contributed by atoms with Crippen molar-refractivity contribution in [2.24, 2.45) is 0 Å². The SMILES string of the molecule is COOP(=O)(O)Oc1ccccc1. The number of hydrogen-bond acceptors (Lipinski definition) is 4. The van der Waals surface area contributed by atoms with E-state index in [0.717, 1.165) is 7.11 Å². The maximum atomic E-state index is 11.0. The minimum absolute atomic E-state index is 0.241. The van der Waals surface area contributed by atoms with Gasteiger partial charge >= 0.3 is 7.82 Å². The molecule has 1 aromatic carbocycles. The van der Waals surface area contributed by atoms with Gasteiger partial charge in [-0.3, -0.25) is 4.89 Å². The van der Waals surface area contributed by atoms with E-state index < -0.39 is 7.82 Å². The van der Waals surface area contributed by atoms with Crippen molar-refractivity contribution < 1.29 is 23.5 Å². The van der Waals surface area contributed by atoms with Gasteiger partial charge in [0.25, 0.3) is 0 Å². The summed E-state index contributed by atoms with van der Waals surface area (Å²) in [5.74, 6) is 0.241. The van der Waals surface area contributed by atoms with Crippen molar-refractivity contribution in [2.45, 2.75) is 0 Å². The molecule has 0 saturated heterocycles. The maximum Gasteiger partial charge on any atom is 0.555 e. The van der Waals surface area contributed by atoms with Crippen molar-refractivity contribution >= 4 is 7.82 Å². The zero-order chi connectivity index (χ0) is 9.73. The highest BCUT2D eigenvalue weighted by molar-refractivity contribution is 7.47. The van der Waals surface area contributed by atoms with Crippen LogP contribution in [-0.2, 0) is 14.1 Å². The zero-order valence-electron chi connectivity index (χ0n) is 6.91. The first-order valence-electron chi connectivity index (χ1n) is 3.44. The van der Waals surface area contributed by atoms with E-state index in [-0.39, 0.29) is 5.75 Å². The average Bonchev–Trinajstić information content (AvgIpc) is 2.04. The molecule has 0 radical (unpaired) electrons. The molecule has 0 bridgehead atoms. The third-order valence-corrected chi connectivity index (χ3v) is 1.91. The Morgan fingerprint density at radius 3 is 2.46 bits per heavy atom. The van der Waals surface area contributed by atoms with E-state index in [0.29, 0.717) is 0 Å². The van der Waals surface area contributed by atoms with Gasteiger partial charge < -0.3 is 4.52 Å². The van der Waals surface area contributed by atoms with Crippen LogP contribution in [0.5, 0.6) is 5.75 Å². The first kappa shape index (κ1) is 10.2. The van der Waals surface area contributed by atoms with Crippen LogP contribution < -0.4 is 4.52 Å². The molecule has 0 aliphatic rings. The van der Waals surface area contributed by atoms with Crippen LogP contribution in [0.15, 0.2) is 30.3 Å². The molecular formula is C7H9O5P. The van der Waals surface area contributed by atoms with Gasteiger partial charge in [0, 0.05) is 0 Å². The van der Waals surface area contributed by atoms with E-state index in [1.807, 2.05) is 0 Å². The van der Waals surface area contributed by atoms with Gasteiger partial charge in [-0.2, -0.15) is 0 Å². The highest BCUT2D eigenvalue weighted by Crippen LogP contribution is 2.43. The molecule has 1 atom stereocenters. The predicted octanol–water partition coefficient (Wildman–Crippen LogP) is 1.74. The summed E-state index contributed by atoms with van der Waals surface area (Å²) in [6.07, 6.45) is 0. The first-order chi connectivity index (χ1) is 6.14. The number of hydrogen-bond donors (Lipinski definition) is 1. The molecule has 72 valence electrons. The summed E-state index contributed by atoms with van der Waals surface area (Å²) in [6, 6.07) is 8.15. The van der Waals surface area contributed by atoms with Gasteiger partial charge in [0.2, 0.25) is 0 Å². The Hall–Kier alpha value is -0.870. The molecule has 0 saturated carbocycles. The van der Waals surface area contributed by atoms with Crippen LogP contribution >= 0.6 is 7.82 Å². The number of rotatable bonds is 4. The highest BCUT2D eigenvalue weighted by Gasteiger charge is 2.23. The smallest absolute Gasteiger partial charge is 0.403 e. The van der Waals surface area contributed by atoms with Gasteiger partial charge in [-0.05, 0) is 12.1 Å². The normalized spacial score (nSPS) is 14.9. The summed E-state index contributed by atoms with van der Waals surface area (Å²) < 4.78 is 19.6. The van der Waals surface area contributed by atoms with Gasteiger partial charge in [-0.25, -0.2) is 9.45 Å². The summed E-state index contributed by atoms with van der Waals surface area (Å²) in [4.78, 5) is 13.0. The van der Waals surface area contributed by atoms with Crippen LogP contribution in [0.2, 0.25) is 0 Å². The number of benzene rings is 1. The monoisotopic (exact) mass is 204 g/mol. The molecule has 0 aliphatic carbocycles. The fourth-order valence-electron chi connectivity index (χ4n) is 0.724. The van der Waals surface area contributed by atoms with Gasteiger partial charge in [-0.1, -0.05) is 18.2 Å². The molecule has 0 spiro atoms. The third-order valence-electron chi connectivity index (χ3n) is 1.13. The van der Waals surface area contributed by atoms with E-state index in [1.165, 1.54) is 12.1 Å². The second kappa shape index (κ2) is 4.39. The van der Waals surface area contributed by atoms with Gasteiger partial charge in [-0.15, -0.1) is 4.67 Å². The summed E-state index contributed by atoms with van der Waals surface area (Å²) in [7, 11) is -3.01. The molecule has 1 unspecified atom stereocenters. The average molecular weight is 204 g/mol. The van der Waals surface area contributed by atoms with Gasteiger partial charge in [0.05, 0.1) is 7.11 Å². The maximum absolute atomic E-state index is 11.0. The van der Waals surface area contributed by atoms with E-state index in [1.54, 1.807) is 18.2 Å². The van der Waals surface area contributed by atoms with E-state index >= 15 is 0 Å². The molecule has 0 aliphatic heterocycles. The van der Waals surface area contributed by atoms with Crippen LogP contribution in [0.25, 0.3) is 0 Å². The highest BCUT2D eigenvalue weighted by atomic mass is 31.2.